The molecule has 0 unspecified atom stereocenters. The Bertz CT molecular complexity index is 1070. The maximum Gasteiger partial charge on any atom is 0.325 e. The minimum absolute atomic E-state index is 0.0728. The second-order valence-electron chi connectivity index (χ2n) is 9.39. The molecule has 0 saturated carbocycles. The van der Waals surface area contributed by atoms with Gasteiger partial charge in [-0.15, -0.1) is 0 Å². The molecule has 3 heterocycles. The van der Waals surface area contributed by atoms with E-state index in [0.29, 0.717) is 24.5 Å². The van der Waals surface area contributed by atoms with Gasteiger partial charge in [0.2, 0.25) is 0 Å². The van der Waals surface area contributed by atoms with E-state index in [0.717, 1.165) is 38.0 Å². The Morgan fingerprint density at radius 1 is 1.09 bits per heavy atom. The third-order valence-electron chi connectivity index (χ3n) is 7.31. The van der Waals surface area contributed by atoms with Crippen LogP contribution in [0, 0.1) is 5.92 Å². The van der Waals surface area contributed by atoms with Crippen molar-refractivity contribution >= 4 is 11.9 Å². The predicted molar refractivity (Wildman–Crippen MR) is 126 cm³/mol. The highest BCUT2D eigenvalue weighted by atomic mass is 16.6. The summed E-state index contributed by atoms with van der Waals surface area (Å²) in [7, 11) is 0. The fourth-order valence-corrected chi connectivity index (χ4v) is 5.47. The van der Waals surface area contributed by atoms with E-state index in [1.165, 1.54) is 4.90 Å². The maximum atomic E-state index is 13.6. The number of para-hydroxylation sites is 2. The van der Waals surface area contributed by atoms with Crippen molar-refractivity contribution in [3.63, 3.8) is 0 Å². The van der Waals surface area contributed by atoms with E-state index in [2.05, 4.69) is 10.2 Å². The van der Waals surface area contributed by atoms with Crippen LogP contribution in [0.4, 0.5) is 4.79 Å². The number of rotatable bonds is 6. The molecule has 2 aromatic rings. The third kappa shape index (κ3) is 4.18. The first kappa shape index (κ1) is 22.5. The number of ether oxygens (including phenoxy) is 2. The summed E-state index contributed by atoms with van der Waals surface area (Å²) in [6.45, 7) is 4.85. The molecular weight excluding hydrogens is 434 g/mol. The lowest BCUT2D eigenvalue weighted by molar-refractivity contribution is -0.135. The smallest absolute Gasteiger partial charge is 0.325 e. The molecule has 5 rings (SSSR count). The lowest BCUT2D eigenvalue weighted by atomic mass is 9.75. The number of nitrogens with one attached hydrogen (secondary N) is 1. The number of urea groups is 1. The average Bonchev–Trinajstić information content (AvgIpc) is 3.09. The molecule has 8 nitrogen and oxygen atoms in total. The van der Waals surface area contributed by atoms with Crippen molar-refractivity contribution in [2.75, 3.05) is 26.2 Å². The van der Waals surface area contributed by atoms with E-state index >= 15 is 0 Å². The van der Waals surface area contributed by atoms with Crippen molar-refractivity contribution in [2.45, 2.75) is 44.4 Å². The number of carbonyl (C=O) groups is 2. The number of fused-ring (bicyclic) bond motifs is 1. The fraction of sp³-hybridized carbons (Fsp3) is 0.462. The van der Waals surface area contributed by atoms with Gasteiger partial charge >= 0.3 is 6.03 Å². The summed E-state index contributed by atoms with van der Waals surface area (Å²) in [5.74, 6) is 1.49. The van der Waals surface area contributed by atoms with Gasteiger partial charge in [0.1, 0.15) is 17.9 Å². The Balaban J connectivity index is 1.22. The van der Waals surface area contributed by atoms with Gasteiger partial charge in [0, 0.05) is 6.54 Å². The van der Waals surface area contributed by atoms with Crippen LogP contribution >= 0.6 is 0 Å². The molecule has 0 aliphatic carbocycles. The van der Waals surface area contributed by atoms with Crippen LogP contribution in [0.15, 0.2) is 48.5 Å². The number of phenols is 1. The standard InChI is InChI=1S/C26H31N3O5/c1-2-26(19-10-12-28(13-11-19)15-18-6-5-7-20(30)14-18)24(31)29(25(32)27-26)16-21-17-33-22-8-3-4-9-23(22)34-21/h3-9,14,19,21,30H,2,10-13,15-17H2,1H3,(H,27,32)/t21-,26-/m1/s1. The summed E-state index contributed by atoms with van der Waals surface area (Å²) in [6, 6.07) is 14.4. The minimum atomic E-state index is -0.873. The second-order valence-corrected chi connectivity index (χ2v) is 9.39. The number of amides is 3. The number of hydrogen-bond acceptors (Lipinski definition) is 6. The van der Waals surface area contributed by atoms with Crippen LogP contribution < -0.4 is 14.8 Å². The van der Waals surface area contributed by atoms with E-state index in [1.807, 2.05) is 43.3 Å². The molecule has 8 heteroatoms. The van der Waals surface area contributed by atoms with Gasteiger partial charge in [0.25, 0.3) is 5.91 Å². The molecule has 0 radical (unpaired) electrons. The number of piperidine rings is 1. The van der Waals surface area contributed by atoms with E-state index < -0.39 is 11.6 Å². The van der Waals surface area contributed by atoms with Gasteiger partial charge in [0.05, 0.1) is 6.54 Å². The third-order valence-corrected chi connectivity index (χ3v) is 7.31. The number of nitrogens with zero attached hydrogens (tertiary/aromatic N) is 2. The number of hydrogen-bond donors (Lipinski definition) is 2. The monoisotopic (exact) mass is 465 g/mol. The zero-order valence-electron chi connectivity index (χ0n) is 19.4. The molecule has 3 aliphatic heterocycles. The highest BCUT2D eigenvalue weighted by molar-refractivity contribution is 6.07. The summed E-state index contributed by atoms with van der Waals surface area (Å²) >= 11 is 0. The molecular formula is C26H31N3O5. The molecule has 2 N–H and O–H groups in total. The fourth-order valence-electron chi connectivity index (χ4n) is 5.47. The van der Waals surface area contributed by atoms with Crippen LogP contribution in [0.1, 0.15) is 31.7 Å². The topological polar surface area (TPSA) is 91.3 Å². The molecule has 0 aromatic heterocycles. The van der Waals surface area contributed by atoms with Gasteiger partial charge < -0.3 is 19.9 Å². The molecule has 3 aliphatic rings. The number of aromatic hydroxyl groups is 1. The largest absolute Gasteiger partial charge is 0.508 e. The minimum Gasteiger partial charge on any atom is -0.508 e. The molecule has 0 spiro atoms. The first-order valence-electron chi connectivity index (χ1n) is 12.0. The molecule has 2 fully saturated rings. The number of carbonyl (C=O) groups excluding carboxylic acids is 2. The van der Waals surface area contributed by atoms with Crippen molar-refractivity contribution in [3.8, 4) is 17.2 Å². The van der Waals surface area contributed by atoms with Gasteiger partial charge in [0.15, 0.2) is 17.6 Å². The van der Waals surface area contributed by atoms with Crippen molar-refractivity contribution < 1.29 is 24.2 Å². The number of imide groups is 1. The van der Waals surface area contributed by atoms with Gasteiger partial charge in [-0.1, -0.05) is 31.2 Å². The number of benzene rings is 2. The Kier molecular flexibility index (Phi) is 6.08. The Labute approximate surface area is 199 Å². The van der Waals surface area contributed by atoms with Crippen molar-refractivity contribution in [1.29, 1.82) is 0 Å². The zero-order valence-corrected chi connectivity index (χ0v) is 19.4. The molecule has 2 atom stereocenters. The van der Waals surface area contributed by atoms with Crippen LogP contribution in [0.25, 0.3) is 0 Å². The average molecular weight is 466 g/mol. The summed E-state index contributed by atoms with van der Waals surface area (Å²) in [4.78, 5) is 30.2. The van der Waals surface area contributed by atoms with Gasteiger partial charge in [-0.25, -0.2) is 4.79 Å². The molecule has 3 amide bonds. The zero-order chi connectivity index (χ0) is 23.7. The van der Waals surface area contributed by atoms with Crippen molar-refractivity contribution in [2.24, 2.45) is 5.92 Å². The molecule has 2 aromatic carbocycles. The Morgan fingerprint density at radius 2 is 1.85 bits per heavy atom. The Hall–Kier alpha value is -3.26. The van der Waals surface area contributed by atoms with Crippen LogP contribution in [-0.4, -0.2) is 64.7 Å². The molecule has 2 saturated heterocycles. The summed E-state index contributed by atoms with van der Waals surface area (Å²) in [6.07, 6.45) is 1.79. The molecule has 34 heavy (non-hydrogen) atoms. The summed E-state index contributed by atoms with van der Waals surface area (Å²) < 4.78 is 11.8. The van der Waals surface area contributed by atoms with E-state index in [-0.39, 0.29) is 30.2 Å². The summed E-state index contributed by atoms with van der Waals surface area (Å²) in [5.41, 5.74) is 0.193. The molecule has 180 valence electrons. The van der Waals surface area contributed by atoms with Crippen LogP contribution in [-0.2, 0) is 11.3 Å². The number of phenolic OH excluding ortho intramolecular Hbond substituents is 1. The van der Waals surface area contributed by atoms with Crippen molar-refractivity contribution in [1.82, 2.24) is 15.1 Å². The predicted octanol–water partition coefficient (Wildman–Crippen LogP) is 3.14. The maximum absolute atomic E-state index is 13.6. The lowest BCUT2D eigenvalue weighted by Crippen LogP contribution is -2.56. The van der Waals surface area contributed by atoms with E-state index in [1.54, 1.807) is 12.1 Å². The Morgan fingerprint density at radius 3 is 2.59 bits per heavy atom. The van der Waals surface area contributed by atoms with Crippen LogP contribution in [0.2, 0.25) is 0 Å². The van der Waals surface area contributed by atoms with Gasteiger partial charge in [-0.2, -0.15) is 0 Å². The highest BCUT2D eigenvalue weighted by Crippen LogP contribution is 2.37. The van der Waals surface area contributed by atoms with Crippen LogP contribution in [0.3, 0.4) is 0 Å². The highest BCUT2D eigenvalue weighted by Gasteiger charge is 2.55. The normalized spacial score (nSPS) is 25.4. The van der Waals surface area contributed by atoms with E-state index in [4.69, 9.17) is 9.47 Å². The molecule has 0 bridgehead atoms. The lowest BCUT2D eigenvalue weighted by Gasteiger charge is -2.40. The number of likely N-dealkylation sites (tertiary alicyclic amines) is 1. The SMILES string of the molecule is CC[C@]1(C2CCN(Cc3cccc(O)c3)CC2)NC(=O)N(C[C@@H]2COc3ccccc3O2)C1=O. The van der Waals surface area contributed by atoms with Crippen molar-refractivity contribution in [3.05, 3.63) is 54.1 Å². The summed E-state index contributed by atoms with van der Waals surface area (Å²) in [5, 5.41) is 12.8. The van der Waals surface area contributed by atoms with E-state index in [9.17, 15) is 14.7 Å². The quantitative estimate of drug-likeness (QED) is 0.637. The second kappa shape index (κ2) is 9.18. The van der Waals surface area contributed by atoms with Gasteiger partial charge in [-0.05, 0) is 68.1 Å². The van der Waals surface area contributed by atoms with Gasteiger partial charge in [-0.3, -0.25) is 14.6 Å². The first-order valence-corrected chi connectivity index (χ1v) is 12.0. The van der Waals surface area contributed by atoms with Crippen LogP contribution in [0.5, 0.6) is 17.2 Å². The first-order chi connectivity index (χ1) is 16.5.